The summed E-state index contributed by atoms with van der Waals surface area (Å²) in [7, 11) is 3.11. The van der Waals surface area contributed by atoms with Crippen molar-refractivity contribution in [2.75, 3.05) is 19.5 Å². The minimum absolute atomic E-state index is 0.0544. The fourth-order valence-electron chi connectivity index (χ4n) is 2.17. The second-order valence-corrected chi connectivity index (χ2v) is 5.89. The van der Waals surface area contributed by atoms with Crippen molar-refractivity contribution >= 4 is 22.4 Å². The SMILES string of the molecule is COc1ccc(-c2nnc(NC(=O)c3ccccc3F)s2)c(OC)c1. The molecule has 0 saturated heterocycles. The highest BCUT2D eigenvalue weighted by Gasteiger charge is 2.16. The maximum atomic E-state index is 13.7. The van der Waals surface area contributed by atoms with Gasteiger partial charge < -0.3 is 9.47 Å². The number of halogens is 1. The smallest absolute Gasteiger partial charge is 0.260 e. The molecule has 0 spiro atoms. The molecule has 128 valence electrons. The van der Waals surface area contributed by atoms with Crippen LogP contribution in [0.2, 0.25) is 0 Å². The van der Waals surface area contributed by atoms with Crippen molar-refractivity contribution < 1.29 is 18.7 Å². The van der Waals surface area contributed by atoms with E-state index in [1.54, 1.807) is 38.5 Å². The van der Waals surface area contributed by atoms with Crippen molar-refractivity contribution in [2.45, 2.75) is 0 Å². The molecule has 0 atom stereocenters. The zero-order valence-electron chi connectivity index (χ0n) is 13.4. The first-order valence-corrected chi connectivity index (χ1v) is 8.06. The fourth-order valence-corrected chi connectivity index (χ4v) is 2.94. The number of nitrogens with one attached hydrogen (secondary N) is 1. The predicted octanol–water partition coefficient (Wildman–Crippen LogP) is 3.61. The summed E-state index contributed by atoms with van der Waals surface area (Å²) >= 11 is 1.16. The number of hydrogen-bond donors (Lipinski definition) is 1. The van der Waals surface area contributed by atoms with Gasteiger partial charge in [-0.3, -0.25) is 10.1 Å². The fraction of sp³-hybridized carbons (Fsp3) is 0.118. The van der Waals surface area contributed by atoms with Crippen LogP contribution in [0.4, 0.5) is 9.52 Å². The highest BCUT2D eigenvalue weighted by atomic mass is 32.1. The third-order valence-corrected chi connectivity index (χ3v) is 4.28. The second kappa shape index (κ2) is 7.27. The van der Waals surface area contributed by atoms with Crippen LogP contribution in [0.3, 0.4) is 0 Å². The monoisotopic (exact) mass is 359 g/mol. The van der Waals surface area contributed by atoms with Crippen molar-refractivity contribution in [1.29, 1.82) is 0 Å². The Labute approximate surface area is 147 Å². The molecule has 1 aromatic heterocycles. The summed E-state index contributed by atoms with van der Waals surface area (Å²) < 4.78 is 24.2. The largest absolute Gasteiger partial charge is 0.497 e. The van der Waals surface area contributed by atoms with E-state index in [4.69, 9.17) is 9.47 Å². The van der Waals surface area contributed by atoms with Crippen LogP contribution in [0.1, 0.15) is 10.4 Å². The van der Waals surface area contributed by atoms with Gasteiger partial charge in [0, 0.05) is 6.07 Å². The molecule has 1 N–H and O–H groups in total. The summed E-state index contributed by atoms with van der Waals surface area (Å²) in [5.74, 6) is 0.0460. The molecule has 0 saturated carbocycles. The van der Waals surface area contributed by atoms with E-state index in [0.29, 0.717) is 22.1 Å². The van der Waals surface area contributed by atoms with E-state index < -0.39 is 11.7 Å². The summed E-state index contributed by atoms with van der Waals surface area (Å²) in [6.07, 6.45) is 0. The lowest BCUT2D eigenvalue weighted by atomic mass is 10.2. The molecule has 6 nitrogen and oxygen atoms in total. The molecule has 3 aromatic rings. The molecular weight excluding hydrogens is 345 g/mol. The molecule has 1 heterocycles. The summed E-state index contributed by atoms with van der Waals surface area (Å²) in [6.45, 7) is 0. The van der Waals surface area contributed by atoms with Crippen LogP contribution in [0.25, 0.3) is 10.6 Å². The molecule has 0 aliphatic heterocycles. The average molecular weight is 359 g/mol. The molecule has 0 bridgehead atoms. The number of anilines is 1. The normalized spacial score (nSPS) is 10.4. The quantitative estimate of drug-likeness (QED) is 0.753. The van der Waals surface area contributed by atoms with Gasteiger partial charge in [-0.1, -0.05) is 23.5 Å². The highest BCUT2D eigenvalue weighted by Crippen LogP contribution is 2.36. The number of ether oxygens (including phenoxy) is 2. The number of aromatic nitrogens is 2. The topological polar surface area (TPSA) is 73.3 Å². The Hall–Kier alpha value is -3.00. The lowest BCUT2D eigenvalue weighted by Gasteiger charge is -2.07. The average Bonchev–Trinajstić information content (AvgIpc) is 3.09. The van der Waals surface area contributed by atoms with Gasteiger partial charge >= 0.3 is 0 Å². The number of amides is 1. The van der Waals surface area contributed by atoms with Crippen LogP contribution in [0.15, 0.2) is 42.5 Å². The van der Waals surface area contributed by atoms with E-state index >= 15 is 0 Å². The summed E-state index contributed by atoms with van der Waals surface area (Å²) in [5.41, 5.74) is 0.661. The molecule has 8 heteroatoms. The zero-order valence-corrected chi connectivity index (χ0v) is 14.3. The second-order valence-electron chi connectivity index (χ2n) is 4.91. The Balaban J connectivity index is 1.84. The molecular formula is C17H14FN3O3S. The molecule has 1 amide bonds. The first-order chi connectivity index (χ1) is 12.1. The maximum Gasteiger partial charge on any atom is 0.260 e. The molecule has 0 fully saturated rings. The number of benzene rings is 2. The Morgan fingerprint density at radius 2 is 1.92 bits per heavy atom. The van der Waals surface area contributed by atoms with Gasteiger partial charge in [0.15, 0.2) is 5.01 Å². The van der Waals surface area contributed by atoms with Crippen LogP contribution >= 0.6 is 11.3 Å². The molecule has 0 unspecified atom stereocenters. The van der Waals surface area contributed by atoms with Crippen molar-refractivity contribution in [3.05, 3.63) is 53.8 Å². The minimum atomic E-state index is -0.596. The van der Waals surface area contributed by atoms with E-state index in [1.807, 2.05) is 0 Å². The van der Waals surface area contributed by atoms with Gasteiger partial charge in [0.2, 0.25) is 5.13 Å². The van der Waals surface area contributed by atoms with Crippen molar-refractivity contribution in [3.8, 4) is 22.1 Å². The van der Waals surface area contributed by atoms with Crippen LogP contribution in [-0.2, 0) is 0 Å². The number of carbonyl (C=O) groups is 1. The van der Waals surface area contributed by atoms with E-state index in [0.717, 1.165) is 11.3 Å². The summed E-state index contributed by atoms with van der Waals surface area (Å²) in [4.78, 5) is 12.1. The van der Waals surface area contributed by atoms with Gasteiger partial charge in [-0.2, -0.15) is 0 Å². The Morgan fingerprint density at radius 3 is 2.64 bits per heavy atom. The van der Waals surface area contributed by atoms with Gasteiger partial charge in [-0.25, -0.2) is 4.39 Å². The molecule has 2 aromatic carbocycles. The van der Waals surface area contributed by atoms with Gasteiger partial charge in [0.1, 0.15) is 17.3 Å². The zero-order chi connectivity index (χ0) is 17.8. The van der Waals surface area contributed by atoms with Gasteiger partial charge in [-0.05, 0) is 24.3 Å². The number of carbonyl (C=O) groups excluding carboxylic acids is 1. The van der Waals surface area contributed by atoms with Crippen molar-refractivity contribution in [3.63, 3.8) is 0 Å². The van der Waals surface area contributed by atoms with Crippen molar-refractivity contribution in [2.24, 2.45) is 0 Å². The molecule has 0 aliphatic rings. The van der Waals surface area contributed by atoms with E-state index in [-0.39, 0.29) is 10.7 Å². The van der Waals surface area contributed by atoms with Gasteiger partial charge in [0.25, 0.3) is 5.91 Å². The summed E-state index contributed by atoms with van der Waals surface area (Å²) in [5, 5.41) is 11.4. The Kier molecular flexibility index (Phi) is 4.90. The third-order valence-electron chi connectivity index (χ3n) is 3.40. The van der Waals surface area contributed by atoms with Crippen LogP contribution in [-0.4, -0.2) is 30.3 Å². The molecule has 0 aliphatic carbocycles. The molecule has 25 heavy (non-hydrogen) atoms. The lowest BCUT2D eigenvalue weighted by molar-refractivity contribution is 0.102. The van der Waals surface area contributed by atoms with Gasteiger partial charge in [-0.15, -0.1) is 10.2 Å². The standard InChI is InChI=1S/C17H14FN3O3S/c1-23-10-7-8-12(14(9-10)24-2)16-20-21-17(25-16)19-15(22)11-5-3-4-6-13(11)18/h3-9H,1-2H3,(H,19,21,22). The highest BCUT2D eigenvalue weighted by molar-refractivity contribution is 7.18. The van der Waals surface area contributed by atoms with Crippen LogP contribution in [0, 0.1) is 5.82 Å². The summed E-state index contributed by atoms with van der Waals surface area (Å²) in [6, 6.07) is 11.0. The van der Waals surface area contributed by atoms with E-state index in [1.165, 1.54) is 18.2 Å². The van der Waals surface area contributed by atoms with Crippen LogP contribution < -0.4 is 14.8 Å². The maximum absolute atomic E-state index is 13.7. The first-order valence-electron chi connectivity index (χ1n) is 7.24. The number of rotatable bonds is 5. The van der Waals surface area contributed by atoms with E-state index in [9.17, 15) is 9.18 Å². The number of nitrogens with zero attached hydrogens (tertiary/aromatic N) is 2. The van der Waals surface area contributed by atoms with Crippen LogP contribution in [0.5, 0.6) is 11.5 Å². The minimum Gasteiger partial charge on any atom is -0.497 e. The number of methoxy groups -OCH3 is 2. The molecule has 0 radical (unpaired) electrons. The Morgan fingerprint density at radius 1 is 1.12 bits per heavy atom. The van der Waals surface area contributed by atoms with Crippen molar-refractivity contribution in [1.82, 2.24) is 10.2 Å². The lowest BCUT2D eigenvalue weighted by Crippen LogP contribution is -2.13. The predicted molar refractivity (Wildman–Crippen MR) is 92.8 cm³/mol. The van der Waals surface area contributed by atoms with E-state index in [2.05, 4.69) is 15.5 Å². The van der Waals surface area contributed by atoms with Gasteiger partial charge in [0.05, 0.1) is 25.3 Å². The Bertz CT molecular complexity index is 914. The number of hydrogen-bond acceptors (Lipinski definition) is 6. The molecule has 3 rings (SSSR count). The first kappa shape index (κ1) is 16.8. The third kappa shape index (κ3) is 3.58.